The largest absolute Gasteiger partial charge is 0.468 e. The van der Waals surface area contributed by atoms with E-state index in [1.807, 2.05) is 5.38 Å². The number of nitro groups is 1. The third kappa shape index (κ3) is 3.54. The third-order valence-corrected chi connectivity index (χ3v) is 3.59. The van der Waals surface area contributed by atoms with Crippen LogP contribution in [0.4, 0.5) is 11.4 Å². The fraction of sp³-hybridized carbons (Fsp3) is 0.231. The molecule has 1 heterocycles. The Balaban J connectivity index is 2.38. The number of thiazole rings is 1. The summed E-state index contributed by atoms with van der Waals surface area (Å²) in [5.41, 5.74) is 1.35. The number of esters is 1. The van der Waals surface area contributed by atoms with Gasteiger partial charge in [0.2, 0.25) is 0 Å². The monoisotopic (exact) mass is 307 g/mol. The van der Waals surface area contributed by atoms with Crippen LogP contribution in [0.3, 0.4) is 0 Å². The molecular formula is C13H13N3O4S. The molecule has 0 amide bonds. The summed E-state index contributed by atoms with van der Waals surface area (Å²) in [5, 5.41) is 12.5. The zero-order valence-corrected chi connectivity index (χ0v) is 12.3. The summed E-state index contributed by atoms with van der Waals surface area (Å²) in [6.45, 7) is 1.83. The Hall–Kier alpha value is -2.48. The smallest absolute Gasteiger partial charge is 0.325 e. The molecule has 0 saturated heterocycles. The van der Waals surface area contributed by atoms with Gasteiger partial charge in [-0.3, -0.25) is 14.9 Å². The van der Waals surface area contributed by atoms with Crippen LogP contribution in [0.15, 0.2) is 34.8 Å². The third-order valence-electron chi connectivity index (χ3n) is 2.79. The van der Waals surface area contributed by atoms with Gasteiger partial charge in [-0.25, -0.2) is 4.99 Å². The van der Waals surface area contributed by atoms with Crippen molar-refractivity contribution in [3.8, 4) is 0 Å². The Labute approximate surface area is 124 Å². The van der Waals surface area contributed by atoms with Crippen molar-refractivity contribution < 1.29 is 14.5 Å². The molecule has 2 aromatic rings. The number of methoxy groups -OCH3 is 1. The lowest BCUT2D eigenvalue weighted by Crippen LogP contribution is -2.20. The summed E-state index contributed by atoms with van der Waals surface area (Å²) in [5.74, 6) is -0.365. The van der Waals surface area contributed by atoms with Crippen LogP contribution < -0.4 is 4.80 Å². The first-order valence-electron chi connectivity index (χ1n) is 6.02. The second-order valence-electron chi connectivity index (χ2n) is 4.23. The molecule has 1 aromatic heterocycles. The van der Waals surface area contributed by atoms with Crippen molar-refractivity contribution in [2.24, 2.45) is 4.99 Å². The molecule has 7 nitrogen and oxygen atoms in total. The van der Waals surface area contributed by atoms with Gasteiger partial charge in [0.25, 0.3) is 5.69 Å². The van der Waals surface area contributed by atoms with Crippen molar-refractivity contribution in [1.29, 1.82) is 0 Å². The Morgan fingerprint density at radius 3 is 2.90 bits per heavy atom. The first-order chi connectivity index (χ1) is 10.0. The fourth-order valence-electron chi connectivity index (χ4n) is 1.69. The van der Waals surface area contributed by atoms with Gasteiger partial charge in [0, 0.05) is 23.7 Å². The van der Waals surface area contributed by atoms with Crippen molar-refractivity contribution >= 4 is 28.7 Å². The van der Waals surface area contributed by atoms with Crippen molar-refractivity contribution in [2.75, 3.05) is 7.11 Å². The molecule has 0 aliphatic carbocycles. The van der Waals surface area contributed by atoms with E-state index in [9.17, 15) is 14.9 Å². The Kier molecular flexibility index (Phi) is 4.49. The number of aromatic nitrogens is 1. The number of non-ortho nitro benzene ring substituents is 1. The molecule has 0 bridgehead atoms. The molecule has 0 aliphatic rings. The summed E-state index contributed by atoms with van der Waals surface area (Å²) in [7, 11) is 1.33. The molecule has 0 N–H and O–H groups in total. The zero-order valence-electron chi connectivity index (χ0n) is 11.5. The van der Waals surface area contributed by atoms with Crippen LogP contribution in [-0.2, 0) is 16.1 Å². The number of rotatable bonds is 4. The van der Waals surface area contributed by atoms with Crippen molar-refractivity contribution in [3.63, 3.8) is 0 Å². The fourth-order valence-corrected chi connectivity index (χ4v) is 2.43. The quantitative estimate of drug-likeness (QED) is 0.492. The van der Waals surface area contributed by atoms with Gasteiger partial charge in [0.1, 0.15) is 6.54 Å². The SMILES string of the molecule is COC(=O)Cn1ccsc1=Nc1ccc([N+](=O)[O-])cc1C. The summed E-state index contributed by atoms with van der Waals surface area (Å²) in [6, 6.07) is 4.47. The molecule has 1 aromatic carbocycles. The van der Waals surface area contributed by atoms with Crippen LogP contribution in [0.25, 0.3) is 0 Å². The number of ether oxygens (including phenoxy) is 1. The maximum absolute atomic E-state index is 11.3. The maximum Gasteiger partial charge on any atom is 0.325 e. The number of carbonyl (C=O) groups excluding carboxylic acids is 1. The molecule has 0 fully saturated rings. The first kappa shape index (κ1) is 14.9. The number of nitrogens with zero attached hydrogens (tertiary/aromatic N) is 3. The summed E-state index contributed by atoms with van der Waals surface area (Å²) >= 11 is 1.37. The lowest BCUT2D eigenvalue weighted by molar-refractivity contribution is -0.384. The number of carbonyl (C=O) groups is 1. The zero-order chi connectivity index (χ0) is 15.4. The van der Waals surface area contributed by atoms with E-state index in [2.05, 4.69) is 9.73 Å². The van der Waals surface area contributed by atoms with Gasteiger partial charge in [-0.1, -0.05) is 0 Å². The molecule has 2 rings (SSSR count). The average molecular weight is 307 g/mol. The van der Waals surface area contributed by atoms with E-state index in [0.717, 1.165) is 0 Å². The predicted octanol–water partition coefficient (Wildman–Crippen LogP) is 2.17. The number of benzene rings is 1. The van der Waals surface area contributed by atoms with E-state index in [1.54, 1.807) is 23.8 Å². The molecule has 0 aliphatic heterocycles. The van der Waals surface area contributed by atoms with Gasteiger partial charge < -0.3 is 9.30 Å². The molecule has 21 heavy (non-hydrogen) atoms. The topological polar surface area (TPSA) is 86.7 Å². The van der Waals surface area contributed by atoms with Gasteiger partial charge in [0.15, 0.2) is 4.80 Å². The highest BCUT2D eigenvalue weighted by atomic mass is 32.1. The van der Waals surface area contributed by atoms with Crippen molar-refractivity contribution in [1.82, 2.24) is 4.57 Å². The van der Waals surface area contributed by atoms with Gasteiger partial charge in [-0.2, -0.15) is 0 Å². The Bertz CT molecular complexity index is 748. The Morgan fingerprint density at radius 1 is 1.52 bits per heavy atom. The van der Waals surface area contributed by atoms with E-state index in [1.165, 1.54) is 30.6 Å². The molecule has 0 spiro atoms. The maximum atomic E-state index is 11.3. The molecule has 0 saturated carbocycles. The summed E-state index contributed by atoms with van der Waals surface area (Å²) in [6.07, 6.45) is 1.74. The summed E-state index contributed by atoms with van der Waals surface area (Å²) in [4.78, 5) is 26.6. The molecule has 110 valence electrons. The van der Waals surface area contributed by atoms with E-state index >= 15 is 0 Å². The van der Waals surface area contributed by atoms with E-state index in [4.69, 9.17) is 0 Å². The van der Waals surface area contributed by atoms with Crippen LogP contribution in [0, 0.1) is 17.0 Å². The van der Waals surface area contributed by atoms with Crippen molar-refractivity contribution in [2.45, 2.75) is 13.5 Å². The average Bonchev–Trinajstić information content (AvgIpc) is 2.87. The van der Waals surface area contributed by atoms with Gasteiger partial charge in [0.05, 0.1) is 17.7 Å². The molecule has 0 unspecified atom stereocenters. The molecule has 8 heteroatoms. The van der Waals surface area contributed by atoms with Gasteiger partial charge >= 0.3 is 5.97 Å². The number of aryl methyl sites for hydroxylation is 1. The number of hydrogen-bond acceptors (Lipinski definition) is 6. The summed E-state index contributed by atoms with van der Waals surface area (Å²) < 4.78 is 6.29. The van der Waals surface area contributed by atoms with E-state index in [-0.39, 0.29) is 18.2 Å². The standard InChI is InChI=1S/C13H13N3O4S/c1-9-7-10(16(18)19)3-4-11(9)14-13-15(5-6-21-13)8-12(17)20-2/h3-7H,8H2,1-2H3. The molecule has 0 radical (unpaired) electrons. The van der Waals surface area contributed by atoms with Crippen molar-refractivity contribution in [3.05, 3.63) is 50.3 Å². The molecule has 0 atom stereocenters. The number of nitro benzene ring substituents is 1. The first-order valence-corrected chi connectivity index (χ1v) is 6.89. The molecular weight excluding hydrogens is 294 g/mol. The minimum Gasteiger partial charge on any atom is -0.468 e. The van der Waals surface area contributed by atoms with Crippen LogP contribution in [-0.4, -0.2) is 22.6 Å². The van der Waals surface area contributed by atoms with Gasteiger partial charge in [-0.05, 0) is 18.6 Å². The second-order valence-corrected chi connectivity index (χ2v) is 5.10. The van der Waals surface area contributed by atoms with Crippen LogP contribution >= 0.6 is 11.3 Å². The Morgan fingerprint density at radius 2 is 2.29 bits per heavy atom. The van der Waals surface area contributed by atoms with Crippen LogP contribution in [0.5, 0.6) is 0 Å². The highest BCUT2D eigenvalue weighted by Crippen LogP contribution is 2.23. The highest BCUT2D eigenvalue weighted by molar-refractivity contribution is 7.07. The minimum absolute atomic E-state index is 0.0278. The van der Waals surface area contributed by atoms with Gasteiger partial charge in [-0.15, -0.1) is 11.3 Å². The second kappa shape index (κ2) is 6.31. The van der Waals surface area contributed by atoms with E-state index in [0.29, 0.717) is 16.1 Å². The number of hydrogen-bond donors (Lipinski definition) is 0. The minimum atomic E-state index is -0.445. The van der Waals surface area contributed by atoms with Crippen LogP contribution in [0.1, 0.15) is 5.56 Å². The van der Waals surface area contributed by atoms with Crippen LogP contribution in [0.2, 0.25) is 0 Å². The lowest BCUT2D eigenvalue weighted by Gasteiger charge is -2.02. The predicted molar refractivity (Wildman–Crippen MR) is 77.4 cm³/mol. The normalized spacial score (nSPS) is 11.4. The highest BCUT2D eigenvalue weighted by Gasteiger charge is 2.08. The lowest BCUT2D eigenvalue weighted by atomic mass is 10.2. The van der Waals surface area contributed by atoms with E-state index < -0.39 is 4.92 Å².